The zero-order chi connectivity index (χ0) is 21.6. The molecule has 2 atom stereocenters. The fourth-order valence-electron chi connectivity index (χ4n) is 4.54. The van der Waals surface area contributed by atoms with Crippen LogP contribution in [0.3, 0.4) is 0 Å². The van der Waals surface area contributed by atoms with E-state index in [1.807, 2.05) is 20.8 Å². The summed E-state index contributed by atoms with van der Waals surface area (Å²) in [4.78, 5) is 27.6. The summed E-state index contributed by atoms with van der Waals surface area (Å²) in [5.41, 5.74) is -0.658. The molecule has 0 saturated carbocycles. The SMILES string of the molecule is Cc1cc(C(F)(F)F)ccc1C(=O)C1CC2CCCC(C1)N2C(=O)OC(C)(C)C. The molecule has 2 aliphatic rings. The Bertz CT molecular complexity index is 783. The number of amides is 1. The molecule has 29 heavy (non-hydrogen) atoms. The van der Waals surface area contributed by atoms with Gasteiger partial charge in [-0.2, -0.15) is 13.2 Å². The fourth-order valence-corrected chi connectivity index (χ4v) is 4.54. The molecular weight excluding hydrogens is 383 g/mol. The minimum atomic E-state index is -4.43. The van der Waals surface area contributed by atoms with E-state index in [9.17, 15) is 22.8 Å². The van der Waals surface area contributed by atoms with Crippen molar-refractivity contribution in [3.05, 3.63) is 34.9 Å². The summed E-state index contributed by atoms with van der Waals surface area (Å²) in [6.45, 7) is 7.01. The van der Waals surface area contributed by atoms with E-state index in [1.165, 1.54) is 6.07 Å². The van der Waals surface area contributed by atoms with Gasteiger partial charge in [-0.1, -0.05) is 6.07 Å². The molecule has 1 aromatic carbocycles. The Balaban J connectivity index is 1.77. The number of benzene rings is 1. The van der Waals surface area contributed by atoms with Gasteiger partial charge < -0.3 is 9.64 Å². The molecule has 2 bridgehead atoms. The normalized spacial score (nSPS) is 24.9. The van der Waals surface area contributed by atoms with Crippen molar-refractivity contribution in [2.45, 2.75) is 83.7 Å². The Kier molecular flexibility index (Phi) is 5.71. The average molecular weight is 411 g/mol. The van der Waals surface area contributed by atoms with Crippen LogP contribution in [0.15, 0.2) is 18.2 Å². The first-order chi connectivity index (χ1) is 13.4. The lowest BCUT2D eigenvalue weighted by Crippen LogP contribution is -2.56. The van der Waals surface area contributed by atoms with Crippen molar-refractivity contribution in [3.8, 4) is 0 Å². The van der Waals surface area contributed by atoms with E-state index in [0.29, 0.717) is 24.0 Å². The standard InChI is InChI=1S/C22H28F3NO3/c1-13-10-15(22(23,24)25)8-9-18(13)19(27)14-11-16-6-5-7-17(12-14)26(16)20(28)29-21(2,3)4/h8-10,14,16-17H,5-7,11-12H2,1-4H3. The lowest BCUT2D eigenvalue weighted by molar-refractivity contribution is -0.137. The lowest BCUT2D eigenvalue weighted by atomic mass is 9.75. The summed E-state index contributed by atoms with van der Waals surface area (Å²) >= 11 is 0. The maximum Gasteiger partial charge on any atom is 0.416 e. The van der Waals surface area contributed by atoms with Crippen LogP contribution in [0, 0.1) is 12.8 Å². The van der Waals surface area contributed by atoms with Gasteiger partial charge >= 0.3 is 12.3 Å². The zero-order valence-corrected chi connectivity index (χ0v) is 17.3. The van der Waals surface area contributed by atoms with Crippen LogP contribution in [0.4, 0.5) is 18.0 Å². The molecule has 0 spiro atoms. The van der Waals surface area contributed by atoms with Crippen molar-refractivity contribution < 1.29 is 27.5 Å². The second-order valence-corrected chi connectivity index (χ2v) is 9.19. The number of carbonyl (C=O) groups is 2. The van der Waals surface area contributed by atoms with E-state index < -0.39 is 17.3 Å². The Labute approximate surface area is 169 Å². The second kappa shape index (κ2) is 7.65. The van der Waals surface area contributed by atoms with Gasteiger partial charge in [0.15, 0.2) is 5.78 Å². The first-order valence-corrected chi connectivity index (χ1v) is 10.1. The van der Waals surface area contributed by atoms with E-state index in [2.05, 4.69) is 0 Å². The van der Waals surface area contributed by atoms with Crippen LogP contribution < -0.4 is 0 Å². The van der Waals surface area contributed by atoms with Crippen LogP contribution in [0.2, 0.25) is 0 Å². The van der Waals surface area contributed by atoms with Gasteiger partial charge in [0.1, 0.15) is 5.60 Å². The van der Waals surface area contributed by atoms with Crippen LogP contribution >= 0.6 is 0 Å². The molecule has 0 N–H and O–H groups in total. The van der Waals surface area contributed by atoms with Gasteiger partial charge in [-0.3, -0.25) is 4.79 Å². The molecule has 3 rings (SSSR count). The number of Topliss-reactive ketones (excluding diaryl/α,β-unsaturated/α-hetero) is 1. The number of fused-ring (bicyclic) bond motifs is 2. The largest absolute Gasteiger partial charge is 0.444 e. The number of carbonyl (C=O) groups excluding carboxylic acids is 2. The maximum absolute atomic E-state index is 13.1. The highest BCUT2D eigenvalue weighted by molar-refractivity contribution is 5.99. The molecule has 1 amide bonds. The molecule has 160 valence electrons. The summed E-state index contributed by atoms with van der Waals surface area (Å²) in [6, 6.07) is 3.15. The van der Waals surface area contributed by atoms with Crippen molar-refractivity contribution in [3.63, 3.8) is 0 Å². The van der Waals surface area contributed by atoms with Gasteiger partial charge in [-0.25, -0.2) is 4.79 Å². The van der Waals surface area contributed by atoms with E-state index in [0.717, 1.165) is 31.4 Å². The Morgan fingerprint density at radius 1 is 1.07 bits per heavy atom. The van der Waals surface area contributed by atoms with E-state index in [4.69, 9.17) is 4.74 Å². The van der Waals surface area contributed by atoms with Crippen LogP contribution in [0.25, 0.3) is 0 Å². The second-order valence-electron chi connectivity index (χ2n) is 9.19. The number of halogens is 3. The molecular formula is C22H28F3NO3. The topological polar surface area (TPSA) is 46.6 Å². The molecule has 0 aromatic heterocycles. The van der Waals surface area contributed by atoms with Gasteiger partial charge in [0.25, 0.3) is 0 Å². The highest BCUT2D eigenvalue weighted by Gasteiger charge is 2.44. The Morgan fingerprint density at radius 2 is 1.66 bits per heavy atom. The van der Waals surface area contributed by atoms with E-state index in [1.54, 1.807) is 11.8 Å². The highest BCUT2D eigenvalue weighted by Crippen LogP contribution is 2.40. The summed E-state index contributed by atoms with van der Waals surface area (Å²) < 4.78 is 44.3. The van der Waals surface area contributed by atoms with Gasteiger partial charge in [-0.15, -0.1) is 0 Å². The first-order valence-electron chi connectivity index (χ1n) is 10.1. The van der Waals surface area contributed by atoms with Gasteiger partial charge in [0.2, 0.25) is 0 Å². The summed E-state index contributed by atoms with van der Waals surface area (Å²) in [7, 11) is 0. The van der Waals surface area contributed by atoms with Crippen LogP contribution in [0.1, 0.15) is 74.4 Å². The van der Waals surface area contributed by atoms with Gasteiger partial charge in [-0.05, 0) is 77.5 Å². The Hall–Kier alpha value is -2.05. The molecule has 2 saturated heterocycles. The number of alkyl halides is 3. The summed E-state index contributed by atoms with van der Waals surface area (Å²) in [5, 5.41) is 0. The number of aryl methyl sites for hydroxylation is 1. The predicted molar refractivity (Wildman–Crippen MR) is 103 cm³/mol. The first kappa shape index (κ1) is 21.7. The minimum Gasteiger partial charge on any atom is -0.444 e. The number of hydrogen-bond donors (Lipinski definition) is 0. The smallest absolute Gasteiger partial charge is 0.416 e. The molecule has 2 aliphatic heterocycles. The summed E-state index contributed by atoms with van der Waals surface area (Å²) in [5.74, 6) is -0.420. The molecule has 7 heteroatoms. The lowest BCUT2D eigenvalue weighted by Gasteiger charge is -2.48. The number of ether oxygens (including phenoxy) is 1. The zero-order valence-electron chi connectivity index (χ0n) is 17.3. The van der Waals surface area contributed by atoms with Crippen molar-refractivity contribution >= 4 is 11.9 Å². The quantitative estimate of drug-likeness (QED) is 0.581. The van der Waals surface area contributed by atoms with Crippen molar-refractivity contribution in [1.29, 1.82) is 0 Å². The third-order valence-electron chi connectivity index (χ3n) is 5.77. The maximum atomic E-state index is 13.1. The third-order valence-corrected chi connectivity index (χ3v) is 5.77. The fraction of sp³-hybridized carbons (Fsp3) is 0.636. The molecule has 0 aliphatic carbocycles. The van der Waals surface area contributed by atoms with Gasteiger partial charge in [0.05, 0.1) is 5.56 Å². The van der Waals surface area contributed by atoms with Crippen LogP contribution in [0.5, 0.6) is 0 Å². The number of hydrogen-bond acceptors (Lipinski definition) is 3. The van der Waals surface area contributed by atoms with E-state index >= 15 is 0 Å². The van der Waals surface area contributed by atoms with Crippen LogP contribution in [-0.4, -0.2) is 34.5 Å². The summed E-state index contributed by atoms with van der Waals surface area (Å²) in [6.07, 6.45) is -1.11. The number of piperidine rings is 2. The third kappa shape index (κ3) is 4.75. The minimum absolute atomic E-state index is 0.0685. The van der Waals surface area contributed by atoms with Crippen molar-refractivity contribution in [1.82, 2.24) is 4.90 Å². The monoisotopic (exact) mass is 411 g/mol. The van der Waals surface area contributed by atoms with Crippen molar-refractivity contribution in [2.75, 3.05) is 0 Å². The van der Waals surface area contributed by atoms with Crippen molar-refractivity contribution in [2.24, 2.45) is 5.92 Å². The molecule has 0 radical (unpaired) electrons. The predicted octanol–water partition coefficient (Wildman–Crippen LogP) is 5.76. The average Bonchev–Trinajstić information content (AvgIpc) is 2.57. The molecule has 1 aromatic rings. The molecule has 2 fully saturated rings. The highest BCUT2D eigenvalue weighted by atomic mass is 19.4. The Morgan fingerprint density at radius 3 is 2.14 bits per heavy atom. The molecule has 2 unspecified atom stereocenters. The molecule has 4 nitrogen and oxygen atoms in total. The number of ketones is 1. The van der Waals surface area contributed by atoms with E-state index in [-0.39, 0.29) is 29.9 Å². The number of nitrogens with zero attached hydrogens (tertiary/aromatic N) is 1. The molecule has 2 heterocycles. The number of rotatable bonds is 2. The van der Waals surface area contributed by atoms with Gasteiger partial charge in [0, 0.05) is 23.6 Å². The van der Waals surface area contributed by atoms with Crippen LogP contribution in [-0.2, 0) is 10.9 Å².